The van der Waals surface area contributed by atoms with E-state index in [2.05, 4.69) is 0 Å². The first-order valence-corrected chi connectivity index (χ1v) is 23.7. The summed E-state index contributed by atoms with van der Waals surface area (Å²) in [6.07, 6.45) is 1.18. The smallest absolute Gasteiger partial charge is 0.338 e. The first-order chi connectivity index (χ1) is 33.3. The number of carbonyl (C=O) groups excluding carboxylic acids is 3. The molecule has 68 heavy (non-hydrogen) atoms. The zero-order valence-corrected chi connectivity index (χ0v) is 38.8. The Morgan fingerprint density at radius 3 is 1.21 bits per heavy atom. The van der Waals surface area contributed by atoms with Crippen LogP contribution in [0.25, 0.3) is 21.5 Å². The summed E-state index contributed by atoms with van der Waals surface area (Å²) in [5, 5.41) is 3.97. The van der Waals surface area contributed by atoms with E-state index in [9.17, 15) is 9.59 Å². The third-order valence-corrected chi connectivity index (χ3v) is 12.8. The molecule has 0 saturated carbocycles. The second-order valence-corrected chi connectivity index (χ2v) is 17.5. The van der Waals surface area contributed by atoms with Gasteiger partial charge in [0.25, 0.3) is 0 Å². The monoisotopic (exact) mass is 902 g/mol. The summed E-state index contributed by atoms with van der Waals surface area (Å²) in [7, 11) is 0. The number of esters is 2. The number of ketones is 1. The number of hydrogen-bond donors (Lipinski definition) is 0. The molecule has 7 nitrogen and oxygen atoms in total. The van der Waals surface area contributed by atoms with Gasteiger partial charge in [-0.25, -0.2) is 9.59 Å². The third kappa shape index (κ3) is 12.2. The van der Waals surface area contributed by atoms with Crippen LogP contribution < -0.4 is 0 Å². The van der Waals surface area contributed by atoms with Gasteiger partial charge in [0.05, 0.1) is 24.3 Å². The first kappa shape index (κ1) is 47.3. The van der Waals surface area contributed by atoms with Crippen LogP contribution in [0.15, 0.2) is 194 Å². The molecule has 4 unspecified atom stereocenters. The number of hydrogen-bond acceptors (Lipinski definition) is 7. The van der Waals surface area contributed by atoms with Crippen LogP contribution in [0.1, 0.15) is 110 Å². The minimum atomic E-state index is -0.569. The van der Waals surface area contributed by atoms with Crippen molar-refractivity contribution in [2.75, 3.05) is 13.2 Å². The van der Waals surface area contributed by atoms with Crippen LogP contribution in [0.4, 0.5) is 0 Å². The average molecular weight is 903 g/mol. The van der Waals surface area contributed by atoms with Crippen molar-refractivity contribution in [3.63, 3.8) is 0 Å². The molecule has 8 aromatic rings. The van der Waals surface area contributed by atoms with Gasteiger partial charge in [-0.2, -0.15) is 0 Å². The van der Waals surface area contributed by atoms with Crippen LogP contribution in [0.3, 0.4) is 0 Å². The highest BCUT2D eigenvalue weighted by Crippen LogP contribution is 2.34. The predicted molar refractivity (Wildman–Crippen MR) is 270 cm³/mol. The molecule has 0 amide bonds. The number of rotatable bonds is 22. The van der Waals surface area contributed by atoms with Crippen LogP contribution in [0.2, 0.25) is 0 Å². The van der Waals surface area contributed by atoms with Crippen molar-refractivity contribution in [2.45, 2.75) is 76.8 Å². The van der Waals surface area contributed by atoms with Crippen LogP contribution >= 0.6 is 0 Å². The molecule has 0 aliphatic rings. The molecule has 7 heteroatoms. The van der Waals surface area contributed by atoms with Gasteiger partial charge in [0, 0.05) is 36.2 Å². The van der Waals surface area contributed by atoms with E-state index in [4.69, 9.17) is 18.9 Å². The fourth-order valence-corrected chi connectivity index (χ4v) is 8.91. The quantitative estimate of drug-likeness (QED) is 0.0380. The molecule has 0 aromatic heterocycles. The van der Waals surface area contributed by atoms with Crippen molar-refractivity contribution in [3.8, 4) is 0 Å². The second-order valence-electron chi connectivity index (χ2n) is 17.5. The van der Waals surface area contributed by atoms with Crippen molar-refractivity contribution in [1.29, 1.82) is 0 Å². The maximum Gasteiger partial charge on any atom is 0.338 e. The van der Waals surface area contributed by atoms with Crippen molar-refractivity contribution in [3.05, 3.63) is 239 Å². The molecule has 0 radical (unpaired) electrons. The summed E-state index contributed by atoms with van der Waals surface area (Å²) in [5.74, 6) is -1.72. The molecular formula is C61H58O7. The predicted octanol–water partition coefficient (Wildman–Crippen LogP) is 13.9. The Bertz CT molecular complexity index is 2730. The van der Waals surface area contributed by atoms with E-state index in [-0.39, 0.29) is 17.6 Å². The summed E-state index contributed by atoms with van der Waals surface area (Å²) in [6.45, 7) is 5.96. The highest BCUT2D eigenvalue weighted by atomic mass is 16.5. The number of ether oxygens (including phenoxy) is 4. The van der Waals surface area contributed by atoms with Gasteiger partial charge in [-0.15, -0.1) is 0 Å². The Hall–Kier alpha value is -7.19. The Morgan fingerprint density at radius 1 is 0.412 bits per heavy atom. The number of benzene rings is 8. The normalized spacial score (nSPS) is 13.1. The topological polar surface area (TPSA) is 88.1 Å². The fourth-order valence-electron chi connectivity index (χ4n) is 8.91. The summed E-state index contributed by atoms with van der Waals surface area (Å²) in [6, 6.07) is 62.3. The lowest BCUT2D eigenvalue weighted by molar-refractivity contribution is 0.0177. The van der Waals surface area contributed by atoms with E-state index in [1.807, 2.05) is 196 Å². The van der Waals surface area contributed by atoms with E-state index < -0.39 is 24.1 Å². The Balaban J connectivity index is 1.03. The van der Waals surface area contributed by atoms with E-state index in [0.717, 1.165) is 43.8 Å². The lowest BCUT2D eigenvalue weighted by atomic mass is 9.83. The van der Waals surface area contributed by atoms with E-state index >= 15 is 4.79 Å². The molecular weight excluding hydrogens is 845 g/mol. The van der Waals surface area contributed by atoms with E-state index in [1.54, 1.807) is 12.1 Å². The molecule has 8 rings (SSSR count). The highest BCUT2D eigenvalue weighted by Gasteiger charge is 2.31. The van der Waals surface area contributed by atoms with Gasteiger partial charge in [0.2, 0.25) is 0 Å². The van der Waals surface area contributed by atoms with Gasteiger partial charge in [0.1, 0.15) is 12.2 Å². The number of fused-ring (bicyclic) bond motifs is 2. The molecule has 344 valence electrons. The van der Waals surface area contributed by atoms with Gasteiger partial charge in [-0.05, 0) is 93.7 Å². The molecule has 0 fully saturated rings. The van der Waals surface area contributed by atoms with Gasteiger partial charge >= 0.3 is 11.9 Å². The molecule has 0 bridgehead atoms. The van der Waals surface area contributed by atoms with Crippen LogP contribution in [-0.4, -0.2) is 43.1 Å². The van der Waals surface area contributed by atoms with Crippen molar-refractivity contribution < 1.29 is 33.3 Å². The van der Waals surface area contributed by atoms with E-state index in [1.165, 1.54) is 0 Å². The summed E-state index contributed by atoms with van der Waals surface area (Å²) in [4.78, 5) is 43.0. The zero-order valence-electron chi connectivity index (χ0n) is 38.8. The highest BCUT2D eigenvalue weighted by molar-refractivity contribution is 6.11. The maximum absolute atomic E-state index is 15.1. The maximum atomic E-state index is 15.1. The third-order valence-electron chi connectivity index (χ3n) is 12.8. The molecule has 0 N–H and O–H groups in total. The van der Waals surface area contributed by atoms with Gasteiger partial charge in [0.15, 0.2) is 5.78 Å². The van der Waals surface area contributed by atoms with Gasteiger partial charge < -0.3 is 18.9 Å². The lowest BCUT2D eigenvalue weighted by Crippen LogP contribution is -2.27. The zero-order chi connectivity index (χ0) is 47.1. The standard InChI is InChI=1S/C61H58O7/c1-43(57(31-17-37-65-41-45-19-5-3-6-20-45)67-60(63)51-35-33-47-23-9-11-25-49(47)39-51)53-27-13-15-29-55(53)59(62)56-30-16-14-28-54(56)44(2)58(32-18-38-66-42-46-21-7-4-8-22-46)68-61(64)52-36-34-48-24-10-12-26-50(48)40-52/h3-16,19-30,33-36,39-40,43-44,57-58H,17-18,31-32,37-38,41-42H2,1-2H3. The van der Waals surface area contributed by atoms with Crippen LogP contribution in [-0.2, 0) is 32.2 Å². The van der Waals surface area contributed by atoms with Crippen molar-refractivity contribution in [1.82, 2.24) is 0 Å². The molecule has 0 aliphatic carbocycles. The first-order valence-electron chi connectivity index (χ1n) is 23.7. The van der Waals surface area contributed by atoms with Crippen molar-refractivity contribution >= 4 is 39.3 Å². The second kappa shape index (κ2) is 23.5. The molecule has 0 spiro atoms. The minimum Gasteiger partial charge on any atom is -0.458 e. The summed E-state index contributed by atoms with van der Waals surface area (Å²) < 4.78 is 24.9. The van der Waals surface area contributed by atoms with Crippen LogP contribution in [0.5, 0.6) is 0 Å². The molecule has 0 aliphatic heterocycles. The van der Waals surface area contributed by atoms with Crippen molar-refractivity contribution in [2.24, 2.45) is 0 Å². The van der Waals surface area contributed by atoms with Crippen LogP contribution in [0, 0.1) is 0 Å². The average Bonchev–Trinajstić information content (AvgIpc) is 3.39. The van der Waals surface area contributed by atoms with E-state index in [0.29, 0.717) is 74.4 Å². The lowest BCUT2D eigenvalue weighted by Gasteiger charge is -2.28. The molecule has 0 heterocycles. The Labute approximate surface area is 399 Å². The Morgan fingerprint density at radius 2 is 0.779 bits per heavy atom. The minimum absolute atomic E-state index is 0.161. The summed E-state index contributed by atoms with van der Waals surface area (Å²) in [5.41, 5.74) is 5.69. The molecule has 0 saturated heterocycles. The number of carbonyl (C=O) groups is 3. The fraction of sp³-hybridized carbons (Fsp3) is 0.230. The van der Waals surface area contributed by atoms with Gasteiger partial charge in [-0.1, -0.05) is 184 Å². The SMILES string of the molecule is CC(c1ccccc1C(=O)c1ccccc1C(C)C(CCCOCc1ccccc1)OC(=O)c1ccc2ccccc2c1)C(CCCOCc1ccccc1)OC(=O)c1ccc2ccccc2c1. The Kier molecular flexibility index (Phi) is 16.4. The molecule has 4 atom stereocenters. The van der Waals surface area contributed by atoms with Gasteiger partial charge in [-0.3, -0.25) is 4.79 Å². The molecule has 8 aromatic carbocycles. The largest absolute Gasteiger partial charge is 0.458 e. The summed E-state index contributed by atoms with van der Waals surface area (Å²) >= 11 is 0.